The SMILES string of the molecule is COC(c1ccc[n+](O)c1)C1(C)CC1. The van der Waals surface area contributed by atoms with Gasteiger partial charge in [-0.15, -0.1) is 0 Å². The number of hydrogen-bond donors (Lipinski definition) is 1. The molecule has 0 saturated heterocycles. The number of aromatic nitrogens is 1. The quantitative estimate of drug-likeness (QED) is 0.587. The summed E-state index contributed by atoms with van der Waals surface area (Å²) in [4.78, 5) is 0. The van der Waals surface area contributed by atoms with Crippen molar-refractivity contribution in [2.75, 3.05) is 7.11 Å². The first-order valence-electron chi connectivity index (χ1n) is 4.89. The summed E-state index contributed by atoms with van der Waals surface area (Å²) in [6, 6.07) is 3.82. The van der Waals surface area contributed by atoms with Gasteiger partial charge >= 0.3 is 0 Å². The lowest BCUT2D eigenvalue weighted by Crippen LogP contribution is -2.30. The molecule has 1 fully saturated rings. The second kappa shape index (κ2) is 3.24. The van der Waals surface area contributed by atoms with Gasteiger partial charge in [0.05, 0.1) is 11.7 Å². The van der Waals surface area contributed by atoms with Crippen LogP contribution in [0.1, 0.15) is 31.4 Å². The molecule has 1 aliphatic rings. The zero-order valence-corrected chi connectivity index (χ0v) is 8.60. The first kappa shape index (κ1) is 9.46. The van der Waals surface area contributed by atoms with Crippen molar-refractivity contribution in [3.8, 4) is 0 Å². The van der Waals surface area contributed by atoms with Crippen LogP contribution in [0, 0.1) is 5.41 Å². The Balaban J connectivity index is 2.27. The second-order valence-electron chi connectivity index (χ2n) is 4.29. The van der Waals surface area contributed by atoms with E-state index in [1.807, 2.05) is 12.1 Å². The number of methoxy groups -OCH3 is 1. The molecule has 0 amide bonds. The average Bonchev–Trinajstić information content (AvgIpc) is 2.85. The van der Waals surface area contributed by atoms with Crippen molar-refractivity contribution in [3.63, 3.8) is 0 Å². The van der Waals surface area contributed by atoms with Crippen molar-refractivity contribution in [2.24, 2.45) is 5.41 Å². The second-order valence-corrected chi connectivity index (χ2v) is 4.29. The largest absolute Gasteiger partial charge is 0.376 e. The molecule has 0 aromatic carbocycles. The van der Waals surface area contributed by atoms with Gasteiger partial charge in [0.25, 0.3) is 0 Å². The number of nitrogens with zero attached hydrogens (tertiary/aromatic N) is 1. The van der Waals surface area contributed by atoms with Gasteiger partial charge in [0.1, 0.15) is 0 Å². The summed E-state index contributed by atoms with van der Waals surface area (Å²) in [6.07, 6.45) is 5.81. The van der Waals surface area contributed by atoms with Crippen LogP contribution < -0.4 is 4.73 Å². The summed E-state index contributed by atoms with van der Waals surface area (Å²) in [5.74, 6) is 0. The summed E-state index contributed by atoms with van der Waals surface area (Å²) < 4.78 is 6.57. The first-order chi connectivity index (χ1) is 6.65. The third-order valence-electron chi connectivity index (χ3n) is 3.02. The molecule has 76 valence electrons. The van der Waals surface area contributed by atoms with Gasteiger partial charge in [-0.25, -0.2) is 0 Å². The summed E-state index contributed by atoms with van der Waals surface area (Å²) in [7, 11) is 1.73. The molecule has 1 aromatic rings. The number of pyridine rings is 1. The van der Waals surface area contributed by atoms with Crippen LogP contribution in [0.4, 0.5) is 0 Å². The van der Waals surface area contributed by atoms with Crippen LogP contribution >= 0.6 is 0 Å². The third-order valence-corrected chi connectivity index (χ3v) is 3.02. The fourth-order valence-corrected chi connectivity index (χ4v) is 1.92. The minimum Gasteiger partial charge on any atom is -0.376 e. The van der Waals surface area contributed by atoms with Crippen molar-refractivity contribution < 1.29 is 14.7 Å². The fraction of sp³-hybridized carbons (Fsp3) is 0.545. The van der Waals surface area contributed by atoms with Crippen molar-refractivity contribution >= 4 is 0 Å². The molecule has 1 atom stereocenters. The van der Waals surface area contributed by atoms with E-state index in [2.05, 4.69) is 6.92 Å². The molecule has 0 bridgehead atoms. The van der Waals surface area contributed by atoms with Crippen LogP contribution in [0.3, 0.4) is 0 Å². The Morgan fingerprint density at radius 3 is 2.79 bits per heavy atom. The monoisotopic (exact) mass is 194 g/mol. The molecule has 1 N–H and O–H groups in total. The molecule has 0 spiro atoms. The van der Waals surface area contributed by atoms with Gasteiger partial charge in [-0.05, 0) is 24.3 Å². The van der Waals surface area contributed by atoms with Gasteiger partial charge in [-0.3, -0.25) is 5.21 Å². The lowest BCUT2D eigenvalue weighted by atomic mass is 9.96. The molecular formula is C11H16NO2+. The maximum atomic E-state index is 9.30. The normalized spacial score (nSPS) is 20.4. The van der Waals surface area contributed by atoms with Crippen LogP contribution in [-0.2, 0) is 4.74 Å². The van der Waals surface area contributed by atoms with E-state index in [9.17, 15) is 5.21 Å². The predicted molar refractivity (Wildman–Crippen MR) is 50.9 cm³/mol. The summed E-state index contributed by atoms with van der Waals surface area (Å²) in [5.41, 5.74) is 1.31. The Bertz CT molecular complexity index is 334. The van der Waals surface area contributed by atoms with E-state index in [1.165, 1.54) is 12.8 Å². The van der Waals surface area contributed by atoms with Gasteiger partial charge in [0, 0.05) is 17.9 Å². The topological polar surface area (TPSA) is 33.3 Å². The molecular weight excluding hydrogens is 178 g/mol. The summed E-state index contributed by atoms with van der Waals surface area (Å²) in [6.45, 7) is 2.22. The van der Waals surface area contributed by atoms with Crippen LogP contribution in [-0.4, -0.2) is 12.3 Å². The molecule has 3 heteroatoms. The highest BCUT2D eigenvalue weighted by molar-refractivity contribution is 5.16. The molecule has 3 nitrogen and oxygen atoms in total. The lowest BCUT2D eigenvalue weighted by molar-refractivity contribution is -0.905. The van der Waals surface area contributed by atoms with E-state index in [-0.39, 0.29) is 11.5 Å². The van der Waals surface area contributed by atoms with E-state index in [0.29, 0.717) is 0 Å². The van der Waals surface area contributed by atoms with Gasteiger partial charge < -0.3 is 4.74 Å². The number of hydrogen-bond acceptors (Lipinski definition) is 2. The third kappa shape index (κ3) is 1.60. The zero-order valence-electron chi connectivity index (χ0n) is 8.60. The molecule has 2 rings (SSSR count). The smallest absolute Gasteiger partial charge is 0.228 e. The van der Waals surface area contributed by atoms with Gasteiger partial charge in [0.15, 0.2) is 0 Å². The standard InChI is InChI=1S/C11H16NO2/c1-11(5-6-11)10(14-2)9-4-3-7-12(13)8-9/h3-4,7-8,10,13H,5-6H2,1-2H3/q+1. The highest BCUT2D eigenvalue weighted by Crippen LogP contribution is 2.55. The van der Waals surface area contributed by atoms with E-state index in [0.717, 1.165) is 10.3 Å². The van der Waals surface area contributed by atoms with E-state index in [1.54, 1.807) is 19.5 Å². The van der Waals surface area contributed by atoms with Gasteiger partial charge in [0.2, 0.25) is 12.4 Å². The molecule has 1 aromatic heterocycles. The Morgan fingerprint density at radius 1 is 1.57 bits per heavy atom. The molecule has 1 unspecified atom stereocenters. The minimum absolute atomic E-state index is 0.0992. The molecule has 1 saturated carbocycles. The van der Waals surface area contributed by atoms with Crippen molar-refractivity contribution in [2.45, 2.75) is 25.9 Å². The van der Waals surface area contributed by atoms with Crippen molar-refractivity contribution in [1.29, 1.82) is 0 Å². The maximum absolute atomic E-state index is 9.30. The number of rotatable bonds is 3. The Morgan fingerprint density at radius 2 is 2.29 bits per heavy atom. The van der Waals surface area contributed by atoms with E-state index < -0.39 is 0 Å². The first-order valence-corrected chi connectivity index (χ1v) is 4.89. The lowest BCUT2D eigenvalue weighted by Gasteiger charge is -2.20. The molecule has 1 aliphatic carbocycles. The van der Waals surface area contributed by atoms with E-state index in [4.69, 9.17) is 4.74 Å². The minimum atomic E-state index is 0.0992. The van der Waals surface area contributed by atoms with Crippen molar-refractivity contribution in [3.05, 3.63) is 30.1 Å². The average molecular weight is 194 g/mol. The molecule has 14 heavy (non-hydrogen) atoms. The van der Waals surface area contributed by atoms with Crippen LogP contribution in [0.2, 0.25) is 0 Å². The molecule has 1 heterocycles. The van der Waals surface area contributed by atoms with Gasteiger partial charge in [-0.2, -0.15) is 0 Å². The zero-order chi connectivity index (χ0) is 10.2. The highest BCUT2D eigenvalue weighted by atomic mass is 16.5. The van der Waals surface area contributed by atoms with E-state index >= 15 is 0 Å². The van der Waals surface area contributed by atoms with Gasteiger partial charge in [-0.1, -0.05) is 6.92 Å². The van der Waals surface area contributed by atoms with Crippen molar-refractivity contribution in [1.82, 2.24) is 0 Å². The molecule has 0 radical (unpaired) electrons. The van der Waals surface area contributed by atoms with Crippen LogP contribution in [0.5, 0.6) is 0 Å². The predicted octanol–water partition coefficient (Wildman–Crippen LogP) is 1.70. The maximum Gasteiger partial charge on any atom is 0.228 e. The fourth-order valence-electron chi connectivity index (χ4n) is 1.92. The molecule has 0 aliphatic heterocycles. The van der Waals surface area contributed by atoms with Crippen LogP contribution in [0.25, 0.3) is 0 Å². The Hall–Kier alpha value is -1.09. The summed E-state index contributed by atoms with van der Waals surface area (Å²) in [5, 5.41) is 9.30. The summed E-state index contributed by atoms with van der Waals surface area (Å²) >= 11 is 0. The Labute approximate surface area is 83.9 Å². The Kier molecular flexibility index (Phi) is 2.19. The number of ether oxygens (including phenoxy) is 1. The highest BCUT2D eigenvalue weighted by Gasteiger charge is 2.46. The van der Waals surface area contributed by atoms with Crippen LogP contribution in [0.15, 0.2) is 24.5 Å².